The lowest BCUT2D eigenvalue weighted by molar-refractivity contribution is 0.0601. The Morgan fingerprint density at radius 1 is 1.15 bits per heavy atom. The molecule has 2 aliphatic rings. The largest absolute Gasteiger partial charge is 0.471 e. The van der Waals surface area contributed by atoms with Crippen LogP contribution in [0.15, 0.2) is 42.5 Å². The Morgan fingerprint density at radius 2 is 2.00 bits per heavy atom. The molecule has 1 fully saturated rings. The first kappa shape index (κ1) is 17.9. The highest BCUT2D eigenvalue weighted by Gasteiger charge is 2.29. The zero-order chi connectivity index (χ0) is 18.8. The molecule has 0 bridgehead atoms. The molecule has 5 heteroatoms. The summed E-state index contributed by atoms with van der Waals surface area (Å²) < 4.78 is 11.3. The average molecular weight is 366 g/mol. The summed E-state index contributed by atoms with van der Waals surface area (Å²) in [4.78, 5) is 14.3. The Bertz CT molecular complexity index is 836. The normalized spacial score (nSPS) is 21.6. The number of nitrogens with zero attached hydrogens (tertiary/aromatic N) is 1. The molecule has 1 heterocycles. The number of carbonyl (C=O) groups excluding carboxylic acids is 1. The summed E-state index contributed by atoms with van der Waals surface area (Å²) in [6.45, 7) is 0.856. The van der Waals surface area contributed by atoms with Crippen molar-refractivity contribution in [3.05, 3.63) is 59.2 Å². The number of rotatable bonds is 4. The number of hydrogen-bond donors (Lipinski definition) is 1. The fourth-order valence-corrected chi connectivity index (χ4v) is 4.13. The molecular formula is C22H26N2O3. The average Bonchev–Trinajstić information content (AvgIpc) is 3.15. The second kappa shape index (κ2) is 7.61. The van der Waals surface area contributed by atoms with E-state index in [0.717, 1.165) is 50.1 Å². The molecule has 27 heavy (non-hydrogen) atoms. The summed E-state index contributed by atoms with van der Waals surface area (Å²) in [7, 11) is 1.41. The van der Waals surface area contributed by atoms with Crippen LogP contribution in [0.4, 0.5) is 5.69 Å². The molecule has 0 amide bonds. The van der Waals surface area contributed by atoms with Gasteiger partial charge in [0.2, 0.25) is 0 Å². The molecule has 1 aliphatic carbocycles. The van der Waals surface area contributed by atoms with E-state index in [0.29, 0.717) is 5.56 Å². The van der Waals surface area contributed by atoms with Gasteiger partial charge in [-0.2, -0.15) is 0 Å². The van der Waals surface area contributed by atoms with Gasteiger partial charge in [0.1, 0.15) is 5.75 Å². The van der Waals surface area contributed by atoms with Crippen LogP contribution >= 0.6 is 0 Å². The lowest BCUT2D eigenvalue weighted by Gasteiger charge is -2.29. The van der Waals surface area contributed by atoms with Crippen molar-refractivity contribution in [2.24, 2.45) is 5.73 Å². The monoisotopic (exact) mass is 366 g/mol. The minimum atomic E-state index is -0.320. The summed E-state index contributed by atoms with van der Waals surface area (Å²) in [6.07, 6.45) is 4.85. The van der Waals surface area contributed by atoms with Crippen LogP contribution in [0, 0.1) is 0 Å². The van der Waals surface area contributed by atoms with E-state index in [1.54, 1.807) is 6.07 Å². The van der Waals surface area contributed by atoms with Crippen LogP contribution < -0.4 is 15.4 Å². The van der Waals surface area contributed by atoms with Crippen molar-refractivity contribution in [2.45, 2.75) is 44.4 Å². The number of aryl methyl sites for hydroxylation is 1. The summed E-state index contributed by atoms with van der Waals surface area (Å²) in [5.74, 6) is 0.550. The van der Waals surface area contributed by atoms with Crippen LogP contribution in [0.1, 0.15) is 40.7 Å². The quantitative estimate of drug-likeness (QED) is 0.841. The van der Waals surface area contributed by atoms with Crippen LogP contribution in [0.5, 0.6) is 5.75 Å². The number of nitrogens with two attached hydrogens (primary N) is 1. The highest BCUT2D eigenvalue weighted by atomic mass is 16.5. The lowest BCUT2D eigenvalue weighted by atomic mass is 9.89. The van der Waals surface area contributed by atoms with Gasteiger partial charge in [-0.25, -0.2) is 4.79 Å². The number of anilines is 1. The van der Waals surface area contributed by atoms with Gasteiger partial charge in [-0.05, 0) is 61.1 Å². The van der Waals surface area contributed by atoms with Crippen molar-refractivity contribution in [1.82, 2.24) is 0 Å². The van der Waals surface area contributed by atoms with Crippen LogP contribution in [0.2, 0.25) is 0 Å². The van der Waals surface area contributed by atoms with E-state index in [2.05, 4.69) is 23.1 Å². The second-order valence-corrected chi connectivity index (χ2v) is 7.35. The maximum atomic E-state index is 12.1. The van der Waals surface area contributed by atoms with Crippen LogP contribution in [0.3, 0.4) is 0 Å². The smallest absolute Gasteiger partial charge is 0.339 e. The van der Waals surface area contributed by atoms with Crippen molar-refractivity contribution in [2.75, 3.05) is 18.6 Å². The zero-order valence-corrected chi connectivity index (χ0v) is 15.7. The molecule has 2 aromatic carbocycles. The summed E-state index contributed by atoms with van der Waals surface area (Å²) in [6, 6.07) is 14.2. The van der Waals surface area contributed by atoms with Crippen molar-refractivity contribution in [1.29, 1.82) is 0 Å². The van der Waals surface area contributed by atoms with Gasteiger partial charge in [-0.3, -0.25) is 0 Å². The molecule has 0 spiro atoms. The third-order valence-electron chi connectivity index (χ3n) is 5.53. The number of esters is 1. The van der Waals surface area contributed by atoms with Crippen LogP contribution in [-0.4, -0.2) is 31.9 Å². The van der Waals surface area contributed by atoms with Crippen LogP contribution in [-0.2, 0) is 17.6 Å². The highest BCUT2D eigenvalue weighted by Crippen LogP contribution is 2.32. The summed E-state index contributed by atoms with van der Waals surface area (Å²) in [5.41, 5.74) is 10.2. The molecule has 0 saturated carbocycles. The van der Waals surface area contributed by atoms with Gasteiger partial charge in [0.15, 0.2) is 6.23 Å². The van der Waals surface area contributed by atoms with E-state index in [9.17, 15) is 4.79 Å². The van der Waals surface area contributed by atoms with E-state index < -0.39 is 0 Å². The minimum Gasteiger partial charge on any atom is -0.471 e. The highest BCUT2D eigenvalue weighted by molar-refractivity contribution is 5.95. The van der Waals surface area contributed by atoms with Gasteiger partial charge in [0, 0.05) is 19.0 Å². The molecule has 5 nitrogen and oxygen atoms in total. The molecule has 142 valence electrons. The Hall–Kier alpha value is -2.53. The molecule has 1 saturated heterocycles. The predicted octanol–water partition coefficient (Wildman–Crippen LogP) is 3.29. The summed E-state index contributed by atoms with van der Waals surface area (Å²) in [5, 5.41) is 0. The number of para-hydroxylation sites is 1. The summed E-state index contributed by atoms with van der Waals surface area (Å²) >= 11 is 0. The van der Waals surface area contributed by atoms with Crippen molar-refractivity contribution in [3.8, 4) is 5.75 Å². The van der Waals surface area contributed by atoms with E-state index in [-0.39, 0.29) is 18.2 Å². The Kier molecular flexibility index (Phi) is 5.03. The molecular weight excluding hydrogens is 340 g/mol. The Labute approximate surface area is 160 Å². The van der Waals surface area contributed by atoms with Crippen molar-refractivity contribution >= 4 is 11.7 Å². The van der Waals surface area contributed by atoms with E-state index >= 15 is 0 Å². The van der Waals surface area contributed by atoms with Gasteiger partial charge in [0.05, 0.1) is 18.4 Å². The van der Waals surface area contributed by atoms with Crippen molar-refractivity contribution < 1.29 is 14.3 Å². The molecule has 0 aromatic heterocycles. The van der Waals surface area contributed by atoms with Gasteiger partial charge < -0.3 is 20.1 Å². The molecule has 2 N–H and O–H groups in total. The van der Waals surface area contributed by atoms with Crippen LogP contribution in [0.25, 0.3) is 0 Å². The van der Waals surface area contributed by atoms with Gasteiger partial charge >= 0.3 is 5.97 Å². The minimum absolute atomic E-state index is 0.0916. The fraction of sp³-hybridized carbons (Fsp3) is 0.409. The number of methoxy groups -OCH3 is 1. The molecule has 2 aromatic rings. The SMILES string of the molecule is COC(=O)c1ccccc1N1CCCC1Oc1ccc2c(c1)C[C@@H](N)CC2. The third-order valence-corrected chi connectivity index (χ3v) is 5.53. The zero-order valence-electron chi connectivity index (χ0n) is 15.7. The number of benzene rings is 2. The topological polar surface area (TPSA) is 64.8 Å². The molecule has 2 atom stereocenters. The first-order valence-electron chi connectivity index (χ1n) is 9.63. The maximum absolute atomic E-state index is 12.1. The first-order valence-corrected chi connectivity index (χ1v) is 9.63. The molecule has 1 aliphatic heterocycles. The predicted molar refractivity (Wildman–Crippen MR) is 105 cm³/mol. The molecule has 0 radical (unpaired) electrons. The second-order valence-electron chi connectivity index (χ2n) is 7.35. The van der Waals surface area contributed by atoms with Gasteiger partial charge in [-0.15, -0.1) is 0 Å². The lowest BCUT2D eigenvalue weighted by Crippen LogP contribution is -2.35. The number of hydrogen-bond acceptors (Lipinski definition) is 5. The number of ether oxygens (including phenoxy) is 2. The Morgan fingerprint density at radius 3 is 2.85 bits per heavy atom. The van der Waals surface area contributed by atoms with Gasteiger partial charge in [-0.1, -0.05) is 18.2 Å². The third kappa shape index (κ3) is 3.65. The number of fused-ring (bicyclic) bond motifs is 1. The van der Waals surface area contributed by atoms with E-state index in [4.69, 9.17) is 15.2 Å². The first-order chi connectivity index (χ1) is 13.2. The van der Waals surface area contributed by atoms with E-state index in [1.165, 1.54) is 18.2 Å². The van der Waals surface area contributed by atoms with Gasteiger partial charge in [0.25, 0.3) is 0 Å². The van der Waals surface area contributed by atoms with Crippen molar-refractivity contribution in [3.63, 3.8) is 0 Å². The van der Waals surface area contributed by atoms with E-state index in [1.807, 2.05) is 18.2 Å². The molecule has 1 unspecified atom stereocenters. The molecule has 4 rings (SSSR count). The standard InChI is InChI=1S/C22H26N2O3/c1-26-22(25)19-5-2-3-6-20(19)24-12-4-7-21(24)27-18-11-9-15-8-10-17(23)13-16(15)14-18/h2-3,5-6,9,11,14,17,21H,4,7-8,10,12-13,23H2,1H3/t17-,21?/m0/s1. The fourth-order valence-electron chi connectivity index (χ4n) is 4.13. The Balaban J connectivity index is 1.57. The number of carbonyl (C=O) groups is 1. The maximum Gasteiger partial charge on any atom is 0.339 e.